The first-order chi connectivity index (χ1) is 16.2. The second-order valence-corrected chi connectivity index (χ2v) is 10.5. The van der Waals surface area contributed by atoms with Gasteiger partial charge in [-0.25, -0.2) is 8.78 Å². The quantitative estimate of drug-likeness (QED) is 0.187. The number of allylic oxidation sites excluding steroid dienone is 2. The molecule has 0 aliphatic heterocycles. The maximum Gasteiger partial charge on any atom is 0.422 e. The van der Waals surface area contributed by atoms with Crippen LogP contribution in [0.1, 0.15) is 76.7 Å². The van der Waals surface area contributed by atoms with Gasteiger partial charge in [-0.1, -0.05) is 12.2 Å². The van der Waals surface area contributed by atoms with E-state index in [0.717, 1.165) is 30.6 Å². The van der Waals surface area contributed by atoms with Gasteiger partial charge in [0, 0.05) is 12.1 Å². The molecular formula is C27H33F5O2. The zero-order chi connectivity index (χ0) is 24.5. The summed E-state index contributed by atoms with van der Waals surface area (Å²) in [5, 5.41) is 0. The number of carbonyl (C=O) groups is 1. The fourth-order valence-electron chi connectivity index (χ4n) is 6.74. The van der Waals surface area contributed by atoms with E-state index in [1.807, 2.05) is 0 Å². The Kier molecular flexibility index (Phi) is 7.68. The first-order valence-corrected chi connectivity index (χ1v) is 12.6. The summed E-state index contributed by atoms with van der Waals surface area (Å²) >= 11 is 0. The Labute approximate surface area is 197 Å². The Bertz CT molecular complexity index is 878. The number of alkyl halides is 3. The zero-order valence-electron chi connectivity index (χ0n) is 19.6. The van der Waals surface area contributed by atoms with E-state index in [0.29, 0.717) is 36.8 Å². The molecule has 0 aromatic heterocycles. The van der Waals surface area contributed by atoms with E-state index < -0.39 is 41.0 Å². The second kappa shape index (κ2) is 10.4. The molecule has 0 bridgehead atoms. The SMILES string of the molecule is C/C=C/C1CCC2CC(C3CCC(C(=O)Oc4cc(F)c(C(F)(F)F)c(F)c4)CC3)CCC2C1. The third-order valence-electron chi connectivity index (χ3n) is 8.45. The number of halogens is 5. The van der Waals surface area contributed by atoms with Gasteiger partial charge >= 0.3 is 12.1 Å². The maximum absolute atomic E-state index is 13.8. The van der Waals surface area contributed by atoms with Gasteiger partial charge in [0.05, 0.1) is 5.92 Å². The minimum atomic E-state index is -5.15. The van der Waals surface area contributed by atoms with Gasteiger partial charge in [-0.3, -0.25) is 4.79 Å². The summed E-state index contributed by atoms with van der Waals surface area (Å²) in [6, 6.07) is 0.859. The first-order valence-electron chi connectivity index (χ1n) is 12.6. The van der Waals surface area contributed by atoms with Crippen molar-refractivity contribution in [3.05, 3.63) is 41.5 Å². The molecule has 7 heteroatoms. The molecule has 0 saturated heterocycles. The molecule has 4 unspecified atom stereocenters. The minimum absolute atomic E-state index is 0.391. The molecule has 2 nitrogen and oxygen atoms in total. The number of esters is 1. The first kappa shape index (κ1) is 25.2. The van der Waals surface area contributed by atoms with Gasteiger partial charge in [-0.05, 0) is 101 Å². The lowest BCUT2D eigenvalue weighted by atomic mass is 9.61. The van der Waals surface area contributed by atoms with E-state index in [4.69, 9.17) is 4.74 Å². The average molecular weight is 485 g/mol. The van der Waals surface area contributed by atoms with E-state index in [1.54, 1.807) is 0 Å². The number of benzene rings is 1. The van der Waals surface area contributed by atoms with Crippen LogP contribution < -0.4 is 4.74 Å². The molecule has 0 N–H and O–H groups in total. The summed E-state index contributed by atoms with van der Waals surface area (Å²) < 4.78 is 70.8. The highest BCUT2D eigenvalue weighted by atomic mass is 19.4. The zero-order valence-corrected chi connectivity index (χ0v) is 19.6. The normalized spacial score (nSPS) is 32.4. The predicted octanol–water partition coefficient (Wildman–Crippen LogP) is 8.10. The smallest absolute Gasteiger partial charge is 0.422 e. The molecule has 0 spiro atoms. The number of fused-ring (bicyclic) bond motifs is 1. The Morgan fingerprint density at radius 2 is 1.38 bits per heavy atom. The fraction of sp³-hybridized carbons (Fsp3) is 0.667. The molecule has 34 heavy (non-hydrogen) atoms. The summed E-state index contributed by atoms with van der Waals surface area (Å²) in [5.41, 5.74) is -1.97. The lowest BCUT2D eigenvalue weighted by Crippen LogP contribution is -2.35. The Balaban J connectivity index is 1.28. The summed E-state index contributed by atoms with van der Waals surface area (Å²) in [6.45, 7) is 2.09. The van der Waals surface area contributed by atoms with Crippen molar-refractivity contribution in [2.45, 2.75) is 77.3 Å². The van der Waals surface area contributed by atoms with Crippen LogP contribution in [-0.2, 0) is 11.0 Å². The monoisotopic (exact) mass is 484 g/mol. The third kappa shape index (κ3) is 5.65. The molecule has 0 heterocycles. The Morgan fingerprint density at radius 1 is 0.853 bits per heavy atom. The van der Waals surface area contributed by atoms with Crippen LogP contribution in [0.2, 0.25) is 0 Å². The van der Waals surface area contributed by atoms with Crippen molar-refractivity contribution in [2.75, 3.05) is 0 Å². The van der Waals surface area contributed by atoms with Crippen molar-refractivity contribution in [1.82, 2.24) is 0 Å². The predicted molar refractivity (Wildman–Crippen MR) is 119 cm³/mol. The molecule has 188 valence electrons. The molecule has 0 amide bonds. The van der Waals surface area contributed by atoms with Crippen LogP contribution in [0.25, 0.3) is 0 Å². The van der Waals surface area contributed by atoms with Crippen molar-refractivity contribution < 1.29 is 31.5 Å². The van der Waals surface area contributed by atoms with Crippen molar-refractivity contribution in [2.24, 2.45) is 35.5 Å². The molecular weight excluding hydrogens is 451 g/mol. The van der Waals surface area contributed by atoms with E-state index in [-0.39, 0.29) is 0 Å². The summed E-state index contributed by atoms with van der Waals surface area (Å²) in [5.74, 6) is -1.45. The molecule has 0 radical (unpaired) electrons. The largest absolute Gasteiger partial charge is 0.426 e. The summed E-state index contributed by atoms with van der Waals surface area (Å²) in [7, 11) is 0. The van der Waals surface area contributed by atoms with Crippen LogP contribution in [0.3, 0.4) is 0 Å². The van der Waals surface area contributed by atoms with Crippen LogP contribution in [0.15, 0.2) is 24.3 Å². The highest BCUT2D eigenvalue weighted by Crippen LogP contribution is 2.49. The standard InChI is InChI=1S/C27H33F5O2/c1-2-3-16-4-5-21-13-20(11-10-19(21)12-16)17-6-8-18(9-7-17)26(33)34-22-14-23(28)25(24(29)15-22)27(30,31)32/h2-3,14-21H,4-13H2,1H3/b3-2+. The summed E-state index contributed by atoms with van der Waals surface area (Å²) in [6.07, 6.45) is 10.2. The molecule has 3 saturated carbocycles. The molecule has 3 aliphatic carbocycles. The number of carbonyl (C=O) groups excluding carboxylic acids is 1. The van der Waals surface area contributed by atoms with Crippen LogP contribution >= 0.6 is 0 Å². The van der Waals surface area contributed by atoms with Crippen molar-refractivity contribution in [3.8, 4) is 5.75 Å². The minimum Gasteiger partial charge on any atom is -0.426 e. The van der Waals surface area contributed by atoms with Crippen LogP contribution in [0.4, 0.5) is 22.0 Å². The highest BCUT2D eigenvalue weighted by molar-refractivity contribution is 5.75. The van der Waals surface area contributed by atoms with Gasteiger partial charge in [0.15, 0.2) is 0 Å². The third-order valence-corrected chi connectivity index (χ3v) is 8.45. The Hall–Kier alpha value is -1.92. The van der Waals surface area contributed by atoms with Gasteiger partial charge in [0.25, 0.3) is 0 Å². The number of rotatable bonds is 4. The van der Waals surface area contributed by atoms with Crippen molar-refractivity contribution >= 4 is 5.97 Å². The number of hydrogen-bond acceptors (Lipinski definition) is 2. The summed E-state index contributed by atoms with van der Waals surface area (Å²) in [4.78, 5) is 12.5. The van der Waals surface area contributed by atoms with Crippen LogP contribution in [0, 0.1) is 47.1 Å². The molecule has 1 aromatic rings. The van der Waals surface area contributed by atoms with Gasteiger partial charge in [0.1, 0.15) is 22.9 Å². The van der Waals surface area contributed by atoms with Gasteiger partial charge < -0.3 is 4.74 Å². The average Bonchev–Trinajstić information content (AvgIpc) is 2.77. The van der Waals surface area contributed by atoms with Gasteiger partial charge in [0.2, 0.25) is 0 Å². The van der Waals surface area contributed by atoms with E-state index in [1.165, 1.54) is 38.5 Å². The highest BCUT2D eigenvalue weighted by Gasteiger charge is 2.40. The molecule has 4 atom stereocenters. The number of hydrogen-bond donors (Lipinski definition) is 0. The maximum atomic E-state index is 13.8. The fourth-order valence-corrected chi connectivity index (χ4v) is 6.74. The van der Waals surface area contributed by atoms with E-state index in [9.17, 15) is 26.7 Å². The van der Waals surface area contributed by atoms with E-state index in [2.05, 4.69) is 19.1 Å². The molecule has 1 aromatic carbocycles. The van der Waals surface area contributed by atoms with Crippen molar-refractivity contribution in [1.29, 1.82) is 0 Å². The Morgan fingerprint density at radius 3 is 1.97 bits per heavy atom. The number of ether oxygens (including phenoxy) is 1. The topological polar surface area (TPSA) is 26.3 Å². The van der Waals surface area contributed by atoms with Crippen LogP contribution in [0.5, 0.6) is 5.75 Å². The van der Waals surface area contributed by atoms with E-state index >= 15 is 0 Å². The van der Waals surface area contributed by atoms with Crippen molar-refractivity contribution in [3.63, 3.8) is 0 Å². The second-order valence-electron chi connectivity index (χ2n) is 10.5. The lowest BCUT2D eigenvalue weighted by molar-refractivity contribution is -0.142. The molecule has 3 aliphatic rings. The molecule has 3 fully saturated rings. The van der Waals surface area contributed by atoms with Gasteiger partial charge in [-0.2, -0.15) is 13.2 Å². The lowest BCUT2D eigenvalue weighted by Gasteiger charge is -2.45. The van der Waals surface area contributed by atoms with Crippen LogP contribution in [-0.4, -0.2) is 5.97 Å². The molecule has 4 rings (SSSR count). The van der Waals surface area contributed by atoms with Gasteiger partial charge in [-0.15, -0.1) is 0 Å².